The van der Waals surface area contributed by atoms with Crippen molar-refractivity contribution in [2.75, 3.05) is 32.8 Å². The molecule has 0 atom stereocenters. The maximum absolute atomic E-state index is 14.9. The molecule has 1 saturated heterocycles. The quantitative estimate of drug-likeness (QED) is 0.711. The minimum Gasteiger partial charge on any atom is -0.462 e. The van der Waals surface area contributed by atoms with Gasteiger partial charge >= 0.3 is 6.01 Å². The average molecular weight is 411 g/mol. The Hall–Kier alpha value is -2.32. The molecule has 1 aliphatic heterocycles. The van der Waals surface area contributed by atoms with Gasteiger partial charge in [-0.1, -0.05) is 11.6 Å². The number of nitrogens with zero attached hydrogens (tertiary/aromatic N) is 3. The van der Waals surface area contributed by atoms with Gasteiger partial charge in [0.1, 0.15) is 18.1 Å². The predicted octanol–water partition coefficient (Wildman–Crippen LogP) is 2.88. The van der Waals surface area contributed by atoms with Crippen LogP contribution in [0.3, 0.4) is 0 Å². The number of halogens is 3. The summed E-state index contributed by atoms with van der Waals surface area (Å²) < 4.78 is 33.5. The summed E-state index contributed by atoms with van der Waals surface area (Å²) in [6, 6.07) is 5.82. The molecule has 2 heterocycles. The summed E-state index contributed by atoms with van der Waals surface area (Å²) in [5, 5.41) is 2.94. The Bertz CT molecular complexity index is 802. The Morgan fingerprint density at radius 1 is 1.29 bits per heavy atom. The SMILES string of the molecule is O=C(c1ccc(F)c(Cl)c1)N1CCC(F)(CNCCOc2ncccn2)CC1. The van der Waals surface area contributed by atoms with Crippen LogP contribution in [0.25, 0.3) is 0 Å². The number of carbonyl (C=O) groups is 1. The van der Waals surface area contributed by atoms with Crippen molar-refractivity contribution in [2.45, 2.75) is 18.5 Å². The molecule has 150 valence electrons. The lowest BCUT2D eigenvalue weighted by molar-refractivity contribution is 0.0433. The number of ether oxygens (including phenoxy) is 1. The van der Waals surface area contributed by atoms with Gasteiger partial charge in [0.05, 0.1) is 5.02 Å². The van der Waals surface area contributed by atoms with E-state index >= 15 is 0 Å². The minimum atomic E-state index is -1.39. The molecule has 2 aromatic rings. The van der Waals surface area contributed by atoms with Crippen molar-refractivity contribution in [3.05, 3.63) is 53.1 Å². The van der Waals surface area contributed by atoms with E-state index in [-0.39, 0.29) is 36.3 Å². The number of hydrogen-bond donors (Lipinski definition) is 1. The van der Waals surface area contributed by atoms with E-state index in [1.165, 1.54) is 12.1 Å². The number of amides is 1. The first kappa shape index (κ1) is 20.4. The Morgan fingerprint density at radius 2 is 2.00 bits per heavy atom. The fourth-order valence-electron chi connectivity index (χ4n) is 2.99. The normalized spacial score (nSPS) is 16.0. The number of carbonyl (C=O) groups excluding carboxylic acids is 1. The summed E-state index contributed by atoms with van der Waals surface area (Å²) >= 11 is 5.73. The van der Waals surface area contributed by atoms with E-state index in [0.29, 0.717) is 31.8 Å². The zero-order valence-electron chi connectivity index (χ0n) is 15.2. The molecule has 0 unspecified atom stereocenters. The molecule has 6 nitrogen and oxygen atoms in total. The maximum atomic E-state index is 14.9. The molecule has 1 fully saturated rings. The molecule has 1 amide bonds. The van der Waals surface area contributed by atoms with Crippen molar-refractivity contribution >= 4 is 17.5 Å². The van der Waals surface area contributed by atoms with E-state index < -0.39 is 11.5 Å². The van der Waals surface area contributed by atoms with Crippen LogP contribution in [0.2, 0.25) is 5.02 Å². The monoisotopic (exact) mass is 410 g/mol. The summed E-state index contributed by atoms with van der Waals surface area (Å²) in [5.74, 6) is -0.846. The maximum Gasteiger partial charge on any atom is 0.316 e. The van der Waals surface area contributed by atoms with Crippen LogP contribution in [0.1, 0.15) is 23.2 Å². The molecule has 3 rings (SSSR count). The lowest BCUT2D eigenvalue weighted by atomic mass is 9.93. The van der Waals surface area contributed by atoms with Gasteiger partial charge in [-0.05, 0) is 24.3 Å². The van der Waals surface area contributed by atoms with Crippen LogP contribution in [0.15, 0.2) is 36.7 Å². The molecular formula is C19H21ClF2N4O2. The van der Waals surface area contributed by atoms with Crippen LogP contribution in [0, 0.1) is 5.82 Å². The zero-order chi connectivity index (χ0) is 20.0. The summed E-state index contributed by atoms with van der Waals surface area (Å²) in [5.41, 5.74) is -1.09. The van der Waals surface area contributed by atoms with Gasteiger partial charge in [0.15, 0.2) is 0 Å². The van der Waals surface area contributed by atoms with Crippen LogP contribution in [0.5, 0.6) is 6.01 Å². The van der Waals surface area contributed by atoms with Crippen molar-refractivity contribution < 1.29 is 18.3 Å². The molecule has 0 saturated carbocycles. The second-order valence-electron chi connectivity index (χ2n) is 6.63. The molecule has 1 aromatic heterocycles. The number of likely N-dealkylation sites (tertiary alicyclic amines) is 1. The highest BCUT2D eigenvalue weighted by atomic mass is 35.5. The molecule has 0 spiro atoms. The predicted molar refractivity (Wildman–Crippen MR) is 101 cm³/mol. The van der Waals surface area contributed by atoms with Gasteiger partial charge in [-0.25, -0.2) is 18.7 Å². The fraction of sp³-hybridized carbons (Fsp3) is 0.421. The van der Waals surface area contributed by atoms with Crippen LogP contribution < -0.4 is 10.1 Å². The Kier molecular flexibility index (Phi) is 6.74. The fourth-order valence-corrected chi connectivity index (χ4v) is 3.17. The van der Waals surface area contributed by atoms with E-state index in [1.54, 1.807) is 23.4 Å². The first-order valence-electron chi connectivity index (χ1n) is 9.01. The minimum absolute atomic E-state index is 0.102. The second kappa shape index (κ2) is 9.25. The van der Waals surface area contributed by atoms with Gasteiger partial charge in [0.2, 0.25) is 0 Å². The zero-order valence-corrected chi connectivity index (χ0v) is 16.0. The molecular weight excluding hydrogens is 390 g/mol. The van der Waals surface area contributed by atoms with E-state index in [2.05, 4.69) is 15.3 Å². The van der Waals surface area contributed by atoms with Crippen molar-refractivity contribution in [2.24, 2.45) is 0 Å². The first-order valence-corrected chi connectivity index (χ1v) is 9.38. The van der Waals surface area contributed by atoms with Crippen molar-refractivity contribution in [1.82, 2.24) is 20.2 Å². The molecule has 0 radical (unpaired) electrons. The number of alkyl halides is 1. The van der Waals surface area contributed by atoms with E-state index in [0.717, 1.165) is 6.07 Å². The third-order valence-electron chi connectivity index (χ3n) is 4.61. The van der Waals surface area contributed by atoms with Crippen molar-refractivity contribution in [3.63, 3.8) is 0 Å². The molecule has 28 heavy (non-hydrogen) atoms. The number of rotatable bonds is 7. The van der Waals surface area contributed by atoms with Gasteiger partial charge in [-0.15, -0.1) is 0 Å². The molecule has 0 bridgehead atoms. The third-order valence-corrected chi connectivity index (χ3v) is 4.90. The van der Waals surface area contributed by atoms with Gasteiger partial charge in [-0.2, -0.15) is 0 Å². The molecule has 1 N–H and O–H groups in total. The number of aromatic nitrogens is 2. The summed E-state index contributed by atoms with van der Waals surface area (Å²) in [6.07, 6.45) is 3.62. The van der Waals surface area contributed by atoms with Crippen LogP contribution in [-0.4, -0.2) is 59.2 Å². The van der Waals surface area contributed by atoms with E-state index in [9.17, 15) is 13.6 Å². The Morgan fingerprint density at radius 3 is 2.68 bits per heavy atom. The Balaban J connectivity index is 1.40. The van der Waals surface area contributed by atoms with Gasteiger partial charge in [0, 0.05) is 57.0 Å². The summed E-state index contributed by atoms with van der Waals surface area (Å²) in [7, 11) is 0. The van der Waals surface area contributed by atoms with Gasteiger partial charge in [-0.3, -0.25) is 4.79 Å². The highest BCUT2D eigenvalue weighted by molar-refractivity contribution is 6.31. The van der Waals surface area contributed by atoms with Crippen molar-refractivity contribution in [1.29, 1.82) is 0 Å². The van der Waals surface area contributed by atoms with Gasteiger partial charge < -0.3 is 15.0 Å². The van der Waals surface area contributed by atoms with Crippen LogP contribution >= 0.6 is 11.6 Å². The van der Waals surface area contributed by atoms with Gasteiger partial charge in [0.25, 0.3) is 5.91 Å². The second-order valence-corrected chi connectivity index (χ2v) is 7.04. The lowest BCUT2D eigenvalue weighted by Gasteiger charge is -2.36. The van der Waals surface area contributed by atoms with E-state index in [4.69, 9.17) is 16.3 Å². The molecule has 0 aliphatic carbocycles. The van der Waals surface area contributed by atoms with E-state index in [1.807, 2.05) is 0 Å². The molecule has 1 aliphatic rings. The number of nitrogens with one attached hydrogen (secondary N) is 1. The lowest BCUT2D eigenvalue weighted by Crippen LogP contribution is -2.49. The smallest absolute Gasteiger partial charge is 0.316 e. The van der Waals surface area contributed by atoms with Crippen LogP contribution in [-0.2, 0) is 0 Å². The highest BCUT2D eigenvalue weighted by Gasteiger charge is 2.35. The summed E-state index contributed by atoms with van der Waals surface area (Å²) in [6.45, 7) is 1.55. The average Bonchev–Trinajstić information content (AvgIpc) is 2.71. The summed E-state index contributed by atoms with van der Waals surface area (Å²) in [4.78, 5) is 21.9. The molecule has 1 aromatic carbocycles. The number of piperidine rings is 1. The van der Waals surface area contributed by atoms with Crippen molar-refractivity contribution in [3.8, 4) is 6.01 Å². The largest absolute Gasteiger partial charge is 0.462 e. The third kappa shape index (κ3) is 5.36. The standard InChI is InChI=1S/C19H21ClF2N4O2/c20-15-12-14(2-3-16(15)21)17(27)26-9-4-19(22,5-10-26)13-23-8-11-28-18-24-6-1-7-25-18/h1-3,6-7,12,23H,4-5,8-11,13H2. The topological polar surface area (TPSA) is 67.4 Å². The highest BCUT2D eigenvalue weighted by Crippen LogP contribution is 2.27. The molecule has 9 heteroatoms. The number of hydrogen-bond acceptors (Lipinski definition) is 5. The van der Waals surface area contributed by atoms with Crippen LogP contribution in [0.4, 0.5) is 8.78 Å². The number of benzene rings is 1. The Labute approximate surface area is 166 Å². The first-order chi connectivity index (χ1) is 13.5.